The number of benzene rings is 2. The Morgan fingerprint density at radius 2 is 1.70 bits per heavy atom. The lowest BCUT2D eigenvalue weighted by Gasteiger charge is -2.35. The summed E-state index contributed by atoms with van der Waals surface area (Å²) in [5.74, 6) is -0.0405. The largest absolute Gasteiger partial charge is 0.444 e. The molecule has 0 aliphatic carbocycles. The number of rotatable bonds is 13. The van der Waals surface area contributed by atoms with Crippen LogP contribution in [0.5, 0.6) is 0 Å². The Kier molecular flexibility index (Phi) is 13.3. The first kappa shape index (κ1) is 33.5. The van der Waals surface area contributed by atoms with Crippen LogP contribution in [-0.4, -0.2) is 53.0 Å². The summed E-state index contributed by atoms with van der Waals surface area (Å²) in [5.41, 5.74) is 2.22. The smallest absolute Gasteiger partial charge is 0.408 e. The predicted octanol–water partition coefficient (Wildman–Crippen LogP) is 7.30. The lowest BCUT2D eigenvalue weighted by molar-refractivity contribution is -0.141. The summed E-state index contributed by atoms with van der Waals surface area (Å²) in [6.07, 6.45) is 4.24. The van der Waals surface area contributed by atoms with E-state index in [0.29, 0.717) is 35.8 Å². The highest BCUT2D eigenvalue weighted by Gasteiger charge is 2.37. The summed E-state index contributed by atoms with van der Waals surface area (Å²) in [7, 11) is 0. The number of unbranched alkanes of at least 4 members (excludes halogenated alkanes) is 2. The normalized spacial score (nSPS) is 12.8. The molecular formula is C31H44ClN3O4S. The molecule has 0 radical (unpaired) electrons. The minimum absolute atomic E-state index is 0.324. The van der Waals surface area contributed by atoms with Gasteiger partial charge in [-0.1, -0.05) is 67.8 Å². The van der Waals surface area contributed by atoms with E-state index in [2.05, 4.69) is 17.6 Å². The summed E-state index contributed by atoms with van der Waals surface area (Å²) in [5, 5.41) is 6.21. The maximum absolute atomic E-state index is 14.3. The zero-order valence-electron chi connectivity index (χ0n) is 24.8. The van der Waals surface area contributed by atoms with E-state index >= 15 is 0 Å². The third-order valence-corrected chi connectivity index (χ3v) is 7.36. The summed E-state index contributed by atoms with van der Waals surface area (Å²) in [6.45, 7) is 11.6. The summed E-state index contributed by atoms with van der Waals surface area (Å²) < 4.78 is 5.47. The molecule has 220 valence electrons. The van der Waals surface area contributed by atoms with Crippen LogP contribution in [-0.2, 0) is 14.3 Å². The molecule has 7 nitrogen and oxygen atoms in total. The molecule has 2 N–H and O–H groups in total. The van der Waals surface area contributed by atoms with Crippen molar-refractivity contribution in [3.05, 3.63) is 64.2 Å². The Labute approximate surface area is 248 Å². The average Bonchev–Trinajstić information content (AvgIpc) is 2.87. The molecule has 2 aromatic carbocycles. The second-order valence-corrected chi connectivity index (χ2v) is 12.3. The second-order valence-electron chi connectivity index (χ2n) is 10.9. The Hall–Kier alpha value is -2.71. The van der Waals surface area contributed by atoms with Gasteiger partial charge in [0.15, 0.2) is 0 Å². The molecule has 3 amide bonds. The molecule has 40 heavy (non-hydrogen) atoms. The predicted molar refractivity (Wildman–Crippen MR) is 166 cm³/mol. The molecule has 9 heteroatoms. The Bertz CT molecular complexity index is 1130. The van der Waals surface area contributed by atoms with Crippen molar-refractivity contribution in [1.29, 1.82) is 0 Å². The number of hydrogen-bond acceptors (Lipinski definition) is 5. The van der Waals surface area contributed by atoms with Crippen molar-refractivity contribution < 1.29 is 19.1 Å². The molecule has 2 unspecified atom stereocenters. The van der Waals surface area contributed by atoms with Crippen LogP contribution >= 0.6 is 23.4 Å². The van der Waals surface area contributed by atoms with Crippen LogP contribution in [0.15, 0.2) is 42.5 Å². The van der Waals surface area contributed by atoms with Gasteiger partial charge in [0.25, 0.3) is 5.91 Å². The third kappa shape index (κ3) is 10.0. The van der Waals surface area contributed by atoms with Crippen molar-refractivity contribution in [2.24, 2.45) is 0 Å². The number of aryl methyl sites for hydroxylation is 2. The van der Waals surface area contributed by atoms with Crippen LogP contribution in [0.3, 0.4) is 0 Å². The van der Waals surface area contributed by atoms with Crippen LogP contribution in [0, 0.1) is 13.8 Å². The van der Waals surface area contributed by atoms with Crippen LogP contribution in [0.25, 0.3) is 0 Å². The van der Waals surface area contributed by atoms with Gasteiger partial charge in [-0.05, 0) is 82.2 Å². The zero-order valence-corrected chi connectivity index (χ0v) is 26.4. The highest BCUT2D eigenvalue weighted by atomic mass is 35.5. The molecule has 0 spiro atoms. The number of halogens is 1. The molecule has 0 aromatic heterocycles. The number of hydrogen-bond donors (Lipinski definition) is 2. The second kappa shape index (κ2) is 15.9. The minimum atomic E-state index is -0.932. The number of carbonyl (C=O) groups excluding carboxylic acids is 3. The van der Waals surface area contributed by atoms with Crippen molar-refractivity contribution in [3.8, 4) is 0 Å². The van der Waals surface area contributed by atoms with E-state index in [4.69, 9.17) is 16.3 Å². The fourth-order valence-corrected chi connectivity index (χ4v) is 5.11. The SMILES string of the molecule is CCCCCN(C(=O)C(CCSC)NC(=O)OC(C)(C)C)C(C(=O)Nc1c(C)cccc1Cl)c1ccccc1C. The van der Waals surface area contributed by atoms with E-state index < -0.39 is 23.8 Å². The van der Waals surface area contributed by atoms with Crippen molar-refractivity contribution in [2.75, 3.05) is 23.9 Å². The van der Waals surface area contributed by atoms with Crippen LogP contribution < -0.4 is 10.6 Å². The fraction of sp³-hybridized carbons (Fsp3) is 0.516. The number of amides is 3. The minimum Gasteiger partial charge on any atom is -0.444 e. The Morgan fingerprint density at radius 3 is 2.30 bits per heavy atom. The number of anilines is 1. The molecule has 0 aliphatic rings. The molecule has 0 fully saturated rings. The molecule has 2 atom stereocenters. The first-order chi connectivity index (χ1) is 18.9. The van der Waals surface area contributed by atoms with E-state index in [1.807, 2.05) is 56.5 Å². The van der Waals surface area contributed by atoms with Crippen molar-refractivity contribution in [1.82, 2.24) is 10.2 Å². The third-order valence-electron chi connectivity index (χ3n) is 6.40. The van der Waals surface area contributed by atoms with Gasteiger partial charge in [0.1, 0.15) is 17.7 Å². The quantitative estimate of drug-likeness (QED) is 0.239. The Morgan fingerprint density at radius 1 is 1.02 bits per heavy atom. The lowest BCUT2D eigenvalue weighted by atomic mass is 9.97. The highest BCUT2D eigenvalue weighted by Crippen LogP contribution is 2.31. The van der Waals surface area contributed by atoms with Gasteiger partial charge < -0.3 is 20.3 Å². The van der Waals surface area contributed by atoms with Crippen LogP contribution in [0.4, 0.5) is 10.5 Å². The summed E-state index contributed by atoms with van der Waals surface area (Å²) in [6, 6.07) is 11.2. The van der Waals surface area contributed by atoms with Crippen molar-refractivity contribution in [2.45, 2.75) is 84.9 Å². The molecule has 2 aromatic rings. The maximum atomic E-state index is 14.3. The molecule has 0 aliphatic heterocycles. The van der Waals surface area contributed by atoms with Crippen molar-refractivity contribution >= 4 is 47.0 Å². The first-order valence-electron chi connectivity index (χ1n) is 13.8. The Balaban J connectivity index is 2.57. The van der Waals surface area contributed by atoms with E-state index in [1.165, 1.54) is 0 Å². The standard InChI is InChI=1S/C31H44ClN3O4S/c1-8-9-12-19-35(29(37)25(18-20-40-7)33-30(38)39-31(4,5)6)27(23-16-11-10-14-21(23)2)28(36)34-26-22(3)15-13-17-24(26)32/h10-11,13-17,25,27H,8-9,12,18-20H2,1-7H3,(H,33,38)(H,34,36). The number of ether oxygens (including phenoxy) is 1. The van der Waals surface area contributed by atoms with Gasteiger partial charge in [-0.2, -0.15) is 11.8 Å². The molecule has 0 heterocycles. The van der Waals surface area contributed by atoms with Gasteiger partial charge in [0, 0.05) is 6.54 Å². The molecule has 0 saturated carbocycles. The maximum Gasteiger partial charge on any atom is 0.408 e. The molecule has 2 rings (SSSR count). The molecular weight excluding hydrogens is 546 g/mol. The van der Waals surface area contributed by atoms with E-state index in [0.717, 1.165) is 29.5 Å². The van der Waals surface area contributed by atoms with Gasteiger partial charge in [-0.15, -0.1) is 0 Å². The fourth-order valence-electron chi connectivity index (χ4n) is 4.37. The van der Waals surface area contributed by atoms with Gasteiger partial charge >= 0.3 is 6.09 Å². The summed E-state index contributed by atoms with van der Waals surface area (Å²) >= 11 is 8.04. The average molecular weight is 590 g/mol. The number of nitrogens with one attached hydrogen (secondary N) is 2. The number of carbonyl (C=O) groups is 3. The lowest BCUT2D eigenvalue weighted by Crippen LogP contribution is -2.53. The topological polar surface area (TPSA) is 87.7 Å². The van der Waals surface area contributed by atoms with E-state index in [9.17, 15) is 14.4 Å². The van der Waals surface area contributed by atoms with Crippen LogP contribution in [0.2, 0.25) is 5.02 Å². The number of thioether (sulfide) groups is 1. The van der Waals surface area contributed by atoms with Crippen LogP contribution in [0.1, 0.15) is 76.1 Å². The highest BCUT2D eigenvalue weighted by molar-refractivity contribution is 7.98. The van der Waals surface area contributed by atoms with Gasteiger partial charge in [0.2, 0.25) is 5.91 Å². The zero-order chi connectivity index (χ0) is 29.9. The monoisotopic (exact) mass is 589 g/mol. The number of alkyl carbamates (subject to hydrolysis) is 1. The first-order valence-corrected chi connectivity index (χ1v) is 15.6. The van der Waals surface area contributed by atoms with Gasteiger partial charge in [0.05, 0.1) is 10.7 Å². The van der Waals surface area contributed by atoms with Gasteiger partial charge in [-0.3, -0.25) is 9.59 Å². The van der Waals surface area contributed by atoms with Crippen molar-refractivity contribution in [3.63, 3.8) is 0 Å². The number of nitrogens with zero attached hydrogens (tertiary/aromatic N) is 1. The summed E-state index contributed by atoms with van der Waals surface area (Å²) in [4.78, 5) is 42.8. The molecule has 0 bridgehead atoms. The van der Waals surface area contributed by atoms with E-state index in [-0.39, 0.29) is 11.8 Å². The van der Waals surface area contributed by atoms with Gasteiger partial charge in [-0.25, -0.2) is 4.79 Å². The number of para-hydroxylation sites is 1. The van der Waals surface area contributed by atoms with E-state index in [1.54, 1.807) is 43.5 Å². The molecule has 0 saturated heterocycles.